The van der Waals surface area contributed by atoms with E-state index in [1.807, 2.05) is 0 Å². The Morgan fingerprint density at radius 1 is 0.357 bits per heavy atom. The van der Waals surface area contributed by atoms with Crippen molar-refractivity contribution in [3.05, 3.63) is 0 Å². The summed E-state index contributed by atoms with van der Waals surface area (Å²) < 4.78 is 16.2. The van der Waals surface area contributed by atoms with Crippen molar-refractivity contribution in [2.24, 2.45) is 0 Å². The topological polar surface area (TPSA) is 0 Å². The maximum atomic E-state index is 1.62. The summed E-state index contributed by atoms with van der Waals surface area (Å²) in [7, 11) is -2.63. The van der Waals surface area contributed by atoms with Gasteiger partial charge in [0, 0.05) is 0 Å². The van der Waals surface area contributed by atoms with E-state index in [9.17, 15) is 0 Å². The Morgan fingerprint density at radius 2 is 0.500 bits per heavy atom. The van der Waals surface area contributed by atoms with E-state index in [0.717, 1.165) is 0 Å². The predicted molar refractivity (Wildman–Crippen MR) is 59.2 cm³/mol. The zero-order chi connectivity index (χ0) is 6.09. The Bertz CT molecular complexity index is 583. The van der Waals surface area contributed by atoms with Crippen LogP contribution in [0.2, 0.25) is 42.2 Å². The molecule has 10 rings (SSSR count). The van der Waals surface area contributed by atoms with Crippen molar-refractivity contribution in [3.63, 3.8) is 0 Å². The van der Waals surface area contributed by atoms with Crippen LogP contribution in [-0.4, -0.2) is 0 Å². The standard InChI is InChI=1S/2C5H5.3ClH.Ti/c2*1-2-4-5-3-1;;;;/h2*1-5H;3*1H;. The van der Waals surface area contributed by atoms with Crippen LogP contribution in [0.4, 0.5) is 0 Å². The van der Waals surface area contributed by atoms with Crippen molar-refractivity contribution in [2.45, 2.75) is 42.2 Å². The third-order valence-corrected chi connectivity index (χ3v) is 79.4. The van der Waals surface area contributed by atoms with Gasteiger partial charge in [-0.2, -0.15) is 0 Å². The SMILES string of the molecule is Cl.Cl.Cl.[CH]12[CH]3[CH]4[CH]5[CH]1[Ti]23451678[CH]2[CH]1[CH]6[CH]7[CH]28. The van der Waals surface area contributed by atoms with Crippen molar-refractivity contribution in [1.82, 2.24) is 0 Å². The molecule has 10 heterocycles. The van der Waals surface area contributed by atoms with Crippen LogP contribution in [0.25, 0.3) is 0 Å². The first-order valence-electron chi connectivity index (χ1n) is 6.22. The van der Waals surface area contributed by atoms with E-state index < -0.39 is 8.89 Å². The Kier molecular flexibility index (Phi) is 0.233. The summed E-state index contributed by atoms with van der Waals surface area (Å²) >= 11 is 0. The van der Waals surface area contributed by atoms with Crippen LogP contribution in [0.15, 0.2) is 0 Å². The van der Waals surface area contributed by atoms with Crippen LogP contribution < -0.4 is 0 Å². The molecule has 0 N–H and O–H groups in total. The summed E-state index contributed by atoms with van der Waals surface area (Å²) in [6, 6.07) is 0. The minimum atomic E-state index is -2.63. The molecule has 14 heavy (non-hydrogen) atoms. The molecule has 0 bridgehead atoms. The Hall–Kier alpha value is 1.58. The van der Waals surface area contributed by atoms with E-state index in [1.54, 1.807) is 42.2 Å². The average Bonchev–Trinajstić information content (AvgIpc) is 3.01. The van der Waals surface area contributed by atoms with Crippen LogP contribution in [0, 0.1) is 0 Å². The summed E-state index contributed by atoms with van der Waals surface area (Å²) in [5.74, 6) is 0. The number of rotatable bonds is 0. The molecule has 10 fully saturated rings. The summed E-state index contributed by atoms with van der Waals surface area (Å²) in [4.78, 5) is 0. The van der Waals surface area contributed by atoms with Crippen LogP contribution in [0.3, 0.4) is 0 Å². The molecule has 10 aliphatic rings. The predicted octanol–water partition coefficient (Wildman–Crippen LogP) is 4.64. The molecule has 1 spiro atoms. The number of hydrogen-bond acceptors (Lipinski definition) is 0. The molecule has 0 aromatic rings. The first-order chi connectivity index (χ1) is 5.16. The fraction of sp³-hybridized carbons (Fsp3) is 1.00. The summed E-state index contributed by atoms with van der Waals surface area (Å²) in [6.07, 6.45) is 0. The van der Waals surface area contributed by atoms with Crippen molar-refractivity contribution in [1.29, 1.82) is 0 Å². The summed E-state index contributed by atoms with van der Waals surface area (Å²) in [6.45, 7) is 0. The molecule has 0 unspecified atom stereocenters. The van der Waals surface area contributed by atoms with Gasteiger partial charge in [0.15, 0.2) is 0 Å². The minimum absolute atomic E-state index is 0. The molecule has 78 valence electrons. The van der Waals surface area contributed by atoms with E-state index in [0.29, 0.717) is 0 Å². The monoisotopic (exact) mass is 286 g/mol. The molecule has 10 aliphatic heterocycles. The van der Waals surface area contributed by atoms with Gasteiger partial charge in [-0.25, -0.2) is 0 Å². The van der Waals surface area contributed by atoms with E-state index in [4.69, 9.17) is 0 Å². The number of halogens is 3. The summed E-state index contributed by atoms with van der Waals surface area (Å²) in [5, 5.41) is 0. The van der Waals surface area contributed by atoms with Gasteiger partial charge < -0.3 is 0 Å². The maximum absolute atomic E-state index is 2.63. The quantitative estimate of drug-likeness (QED) is 0.569. The van der Waals surface area contributed by atoms with E-state index >= 15 is 0 Å². The fourth-order valence-corrected chi connectivity index (χ4v) is 143. The van der Waals surface area contributed by atoms with Crippen molar-refractivity contribution >= 4 is 37.2 Å². The molecular formula is C10H13Cl3Ti. The Labute approximate surface area is 87.7 Å². The van der Waals surface area contributed by atoms with Crippen molar-refractivity contribution in [2.75, 3.05) is 0 Å². The van der Waals surface area contributed by atoms with Gasteiger partial charge in [0.05, 0.1) is 0 Å². The van der Waals surface area contributed by atoms with Gasteiger partial charge in [-0.1, -0.05) is 0 Å². The van der Waals surface area contributed by atoms with Crippen molar-refractivity contribution in [3.8, 4) is 0 Å². The first kappa shape index (κ1) is 7.12. The molecule has 10 saturated heterocycles. The molecule has 4 heteroatoms. The van der Waals surface area contributed by atoms with Gasteiger partial charge in [-0.3, -0.25) is 0 Å². The van der Waals surface area contributed by atoms with Crippen LogP contribution in [0.5, 0.6) is 0 Å². The third kappa shape index (κ3) is 0.0529. The normalized spacial score (nSPS) is 134. The molecule has 0 aromatic heterocycles. The fourth-order valence-electron chi connectivity index (χ4n) is 23.2. The van der Waals surface area contributed by atoms with E-state index in [2.05, 4.69) is 0 Å². The molecule has 0 nitrogen and oxygen atoms in total. The average molecular weight is 287 g/mol. The third-order valence-electron chi connectivity index (χ3n) is 20.1. The van der Waals surface area contributed by atoms with Gasteiger partial charge in [-0.15, -0.1) is 37.2 Å². The number of hydrogen-bond donors (Lipinski definition) is 0. The molecule has 0 atom stereocenters. The molecule has 0 radical (unpaired) electrons. The van der Waals surface area contributed by atoms with Crippen LogP contribution in [0.1, 0.15) is 0 Å². The van der Waals surface area contributed by atoms with Crippen LogP contribution in [-0.2, 0) is 8.89 Å². The zero-order valence-corrected chi connectivity index (χ0v) is 11.5. The van der Waals surface area contributed by atoms with Gasteiger partial charge in [-0.05, 0) is 0 Å². The second-order valence-corrected chi connectivity index (χ2v) is 46.6. The van der Waals surface area contributed by atoms with Gasteiger partial charge in [0.1, 0.15) is 0 Å². The summed E-state index contributed by atoms with van der Waals surface area (Å²) in [5.41, 5.74) is 0. The zero-order valence-electron chi connectivity index (χ0n) is 7.50. The molecular weight excluding hydrogens is 274 g/mol. The van der Waals surface area contributed by atoms with Crippen LogP contribution >= 0.6 is 37.2 Å². The molecule has 0 amide bonds. The molecule has 0 aromatic carbocycles. The second kappa shape index (κ2) is 0.459. The van der Waals surface area contributed by atoms with Crippen molar-refractivity contribution < 1.29 is 8.89 Å². The first-order valence-corrected chi connectivity index (χ1v) is 15.2. The van der Waals surface area contributed by atoms with Gasteiger partial charge in [0.2, 0.25) is 0 Å². The van der Waals surface area contributed by atoms with E-state index in [-0.39, 0.29) is 37.2 Å². The molecule has 0 aliphatic carbocycles. The molecule has 0 saturated carbocycles. The second-order valence-electron chi connectivity index (χ2n) is 12.8. The van der Waals surface area contributed by atoms with Gasteiger partial charge in [0.25, 0.3) is 0 Å². The number of fused-ring (bicyclic) bond motifs is 10. The Morgan fingerprint density at radius 3 is 0.500 bits per heavy atom. The van der Waals surface area contributed by atoms with E-state index in [1.165, 1.54) is 0 Å². The van der Waals surface area contributed by atoms with Gasteiger partial charge >= 0.3 is 51.1 Å². The Balaban J connectivity index is 0.000000167.